The Balaban J connectivity index is 2.19. The third-order valence-electron chi connectivity index (χ3n) is 2.86. The Labute approximate surface area is 110 Å². The van der Waals surface area contributed by atoms with Gasteiger partial charge in [0.25, 0.3) is 0 Å². The molecular weight excluding hydrogens is 246 g/mol. The van der Waals surface area contributed by atoms with Gasteiger partial charge in [-0.05, 0) is 19.9 Å². The minimum Gasteiger partial charge on any atom is -0.234 e. The number of aryl methyl sites for hydroxylation is 2. The highest BCUT2D eigenvalue weighted by molar-refractivity contribution is 6.29. The van der Waals surface area contributed by atoms with Crippen LogP contribution in [-0.2, 0) is 0 Å². The van der Waals surface area contributed by atoms with Gasteiger partial charge in [0.1, 0.15) is 5.15 Å². The van der Waals surface area contributed by atoms with E-state index in [4.69, 9.17) is 11.6 Å². The smallest absolute Gasteiger partial charge is 0.157 e. The summed E-state index contributed by atoms with van der Waals surface area (Å²) in [5, 5.41) is 5.06. The Morgan fingerprint density at radius 3 is 2.50 bits per heavy atom. The molecule has 3 nitrogen and oxygen atoms in total. The van der Waals surface area contributed by atoms with Crippen molar-refractivity contribution < 1.29 is 0 Å². The van der Waals surface area contributed by atoms with Crippen LogP contribution in [0.5, 0.6) is 0 Å². The van der Waals surface area contributed by atoms with Gasteiger partial charge in [0, 0.05) is 17.3 Å². The lowest BCUT2D eigenvalue weighted by Gasteiger charge is -1.97. The van der Waals surface area contributed by atoms with Gasteiger partial charge in [-0.3, -0.25) is 0 Å². The molecule has 18 heavy (non-hydrogen) atoms. The number of nitrogens with zero attached hydrogens (tertiary/aromatic N) is 3. The van der Waals surface area contributed by atoms with Gasteiger partial charge in [-0.25, -0.2) is 9.50 Å². The van der Waals surface area contributed by atoms with E-state index in [1.807, 2.05) is 13.0 Å². The van der Waals surface area contributed by atoms with E-state index in [-0.39, 0.29) is 0 Å². The highest BCUT2D eigenvalue weighted by Gasteiger charge is 2.08. The van der Waals surface area contributed by atoms with Crippen LogP contribution >= 0.6 is 11.6 Å². The van der Waals surface area contributed by atoms with Crippen molar-refractivity contribution in [1.29, 1.82) is 0 Å². The summed E-state index contributed by atoms with van der Waals surface area (Å²) in [5.41, 5.74) is 4.85. The molecule has 0 fully saturated rings. The van der Waals surface area contributed by atoms with Crippen molar-refractivity contribution in [3.63, 3.8) is 0 Å². The monoisotopic (exact) mass is 257 g/mol. The van der Waals surface area contributed by atoms with Crippen LogP contribution in [-0.4, -0.2) is 14.6 Å². The average Bonchev–Trinajstić information content (AvgIpc) is 2.74. The zero-order valence-corrected chi connectivity index (χ0v) is 10.9. The topological polar surface area (TPSA) is 30.2 Å². The molecule has 90 valence electrons. The van der Waals surface area contributed by atoms with Crippen molar-refractivity contribution in [1.82, 2.24) is 14.6 Å². The molecule has 0 unspecified atom stereocenters. The van der Waals surface area contributed by atoms with Crippen molar-refractivity contribution in [2.75, 3.05) is 0 Å². The van der Waals surface area contributed by atoms with Crippen LogP contribution in [0.4, 0.5) is 0 Å². The van der Waals surface area contributed by atoms with E-state index >= 15 is 0 Å². The Morgan fingerprint density at radius 1 is 1.06 bits per heavy atom. The summed E-state index contributed by atoms with van der Waals surface area (Å²) in [5.74, 6) is 0. The quantitative estimate of drug-likeness (QED) is 0.623. The van der Waals surface area contributed by atoms with Gasteiger partial charge >= 0.3 is 0 Å². The second kappa shape index (κ2) is 4.10. The lowest BCUT2D eigenvalue weighted by molar-refractivity contribution is 0.934. The third-order valence-corrected chi connectivity index (χ3v) is 3.13. The SMILES string of the molecule is Cc1ccc(-c2cc3nc(C)cc(Cl)n3n2)cc1. The van der Waals surface area contributed by atoms with Crippen molar-refractivity contribution >= 4 is 17.2 Å². The predicted octanol–water partition coefficient (Wildman–Crippen LogP) is 3.67. The number of aromatic nitrogens is 3. The van der Waals surface area contributed by atoms with E-state index in [9.17, 15) is 0 Å². The first kappa shape index (κ1) is 11.2. The van der Waals surface area contributed by atoms with E-state index < -0.39 is 0 Å². The van der Waals surface area contributed by atoms with Crippen LogP contribution in [0.1, 0.15) is 11.3 Å². The van der Waals surface area contributed by atoms with Crippen molar-refractivity contribution in [2.45, 2.75) is 13.8 Å². The summed E-state index contributed by atoms with van der Waals surface area (Å²) >= 11 is 6.15. The van der Waals surface area contributed by atoms with Gasteiger partial charge in [0.2, 0.25) is 0 Å². The molecule has 2 aromatic heterocycles. The molecule has 0 spiro atoms. The molecule has 0 aliphatic heterocycles. The number of rotatable bonds is 1. The first-order valence-electron chi connectivity index (χ1n) is 5.73. The maximum absolute atomic E-state index is 6.15. The Morgan fingerprint density at radius 2 is 1.78 bits per heavy atom. The minimum absolute atomic E-state index is 0.580. The van der Waals surface area contributed by atoms with Crippen molar-refractivity contribution in [3.8, 4) is 11.3 Å². The van der Waals surface area contributed by atoms with Crippen LogP contribution in [0.3, 0.4) is 0 Å². The predicted molar refractivity (Wildman–Crippen MR) is 72.9 cm³/mol. The number of fused-ring (bicyclic) bond motifs is 1. The van der Waals surface area contributed by atoms with E-state index in [0.29, 0.717) is 5.15 Å². The zero-order valence-electron chi connectivity index (χ0n) is 10.2. The number of hydrogen-bond acceptors (Lipinski definition) is 2. The number of benzene rings is 1. The molecule has 3 aromatic rings. The molecule has 0 radical (unpaired) electrons. The van der Waals surface area contributed by atoms with Crippen LogP contribution in [0.2, 0.25) is 5.15 Å². The second-order valence-electron chi connectivity index (χ2n) is 4.39. The number of halogens is 1. The fraction of sp³-hybridized carbons (Fsp3) is 0.143. The summed E-state index contributed by atoms with van der Waals surface area (Å²) < 4.78 is 1.66. The minimum atomic E-state index is 0.580. The summed E-state index contributed by atoms with van der Waals surface area (Å²) in [4.78, 5) is 4.42. The molecule has 0 N–H and O–H groups in total. The fourth-order valence-electron chi connectivity index (χ4n) is 1.92. The van der Waals surface area contributed by atoms with Gasteiger partial charge < -0.3 is 0 Å². The first-order chi connectivity index (χ1) is 8.63. The van der Waals surface area contributed by atoms with E-state index in [1.165, 1.54) is 5.56 Å². The molecule has 0 saturated carbocycles. The standard InChI is InChI=1S/C14H12ClN3/c1-9-3-5-11(6-4-9)12-8-14-16-10(2)7-13(15)18(14)17-12/h3-8H,1-2H3. The zero-order chi connectivity index (χ0) is 12.7. The lowest BCUT2D eigenvalue weighted by atomic mass is 10.1. The van der Waals surface area contributed by atoms with Crippen LogP contribution in [0, 0.1) is 13.8 Å². The van der Waals surface area contributed by atoms with Gasteiger partial charge in [-0.1, -0.05) is 41.4 Å². The molecule has 0 bridgehead atoms. The Hall–Kier alpha value is -1.87. The van der Waals surface area contributed by atoms with Gasteiger partial charge in [-0.2, -0.15) is 5.10 Å². The van der Waals surface area contributed by atoms with Crippen LogP contribution in [0.15, 0.2) is 36.4 Å². The highest BCUT2D eigenvalue weighted by Crippen LogP contribution is 2.22. The van der Waals surface area contributed by atoms with Gasteiger partial charge in [-0.15, -0.1) is 0 Å². The summed E-state index contributed by atoms with van der Waals surface area (Å²) in [6.07, 6.45) is 0. The fourth-order valence-corrected chi connectivity index (χ4v) is 2.20. The van der Waals surface area contributed by atoms with E-state index in [2.05, 4.69) is 41.3 Å². The van der Waals surface area contributed by atoms with Crippen molar-refractivity contribution in [2.24, 2.45) is 0 Å². The molecule has 0 aliphatic carbocycles. The molecule has 4 heteroatoms. The largest absolute Gasteiger partial charge is 0.234 e. The van der Waals surface area contributed by atoms with E-state index in [1.54, 1.807) is 10.6 Å². The van der Waals surface area contributed by atoms with Crippen LogP contribution < -0.4 is 0 Å². The molecule has 0 aliphatic rings. The Bertz CT molecular complexity index is 714. The molecule has 0 saturated heterocycles. The first-order valence-corrected chi connectivity index (χ1v) is 6.11. The average molecular weight is 258 g/mol. The summed E-state index contributed by atoms with van der Waals surface area (Å²) in [6.45, 7) is 3.99. The van der Waals surface area contributed by atoms with Crippen LogP contribution in [0.25, 0.3) is 16.9 Å². The molecule has 0 atom stereocenters. The Kier molecular flexibility index (Phi) is 2.56. The molecule has 2 heterocycles. The third kappa shape index (κ3) is 1.87. The highest BCUT2D eigenvalue weighted by atomic mass is 35.5. The molecule has 3 rings (SSSR count). The molecule has 0 amide bonds. The molecular formula is C14H12ClN3. The van der Waals surface area contributed by atoms with Gasteiger partial charge in [0.15, 0.2) is 5.65 Å². The van der Waals surface area contributed by atoms with Crippen molar-refractivity contribution in [3.05, 3.63) is 52.8 Å². The maximum atomic E-state index is 6.15. The summed E-state index contributed by atoms with van der Waals surface area (Å²) in [6, 6.07) is 12.0. The normalized spacial score (nSPS) is 11.1. The van der Waals surface area contributed by atoms with Gasteiger partial charge in [0.05, 0.1) is 5.69 Å². The lowest BCUT2D eigenvalue weighted by Crippen LogP contribution is -1.93. The summed E-state index contributed by atoms with van der Waals surface area (Å²) in [7, 11) is 0. The molecule has 1 aromatic carbocycles. The maximum Gasteiger partial charge on any atom is 0.157 e. The number of hydrogen-bond donors (Lipinski definition) is 0. The van der Waals surface area contributed by atoms with E-state index in [0.717, 1.165) is 22.6 Å². The second-order valence-corrected chi connectivity index (χ2v) is 4.77.